The van der Waals surface area contributed by atoms with Crippen molar-refractivity contribution in [2.45, 2.75) is 11.8 Å². The van der Waals surface area contributed by atoms with Crippen LogP contribution in [0.3, 0.4) is 0 Å². The number of hydrogen-bond donors (Lipinski definition) is 0. The minimum absolute atomic E-state index is 0.0882. The Hall–Kier alpha value is -2.56. The number of rotatable bonds is 5. The van der Waals surface area contributed by atoms with Crippen LogP contribution in [0.15, 0.2) is 41.3 Å². The fourth-order valence-corrected chi connectivity index (χ4v) is 4.66. The van der Waals surface area contributed by atoms with Gasteiger partial charge in [0.05, 0.1) is 15.5 Å². The van der Waals surface area contributed by atoms with Gasteiger partial charge in [0.15, 0.2) is 18.2 Å². The van der Waals surface area contributed by atoms with E-state index in [4.69, 9.17) is 16.3 Å². The maximum atomic E-state index is 13.3. The van der Waals surface area contributed by atoms with Gasteiger partial charge in [-0.1, -0.05) is 29.3 Å². The number of aryl methyl sites for hydroxylation is 1. The Kier molecular flexibility index (Phi) is 6.93. The Labute approximate surface area is 183 Å². The minimum Gasteiger partial charge on any atom is -0.452 e. The lowest BCUT2D eigenvalue weighted by Crippen LogP contribution is -2.51. The molecule has 0 aromatic heterocycles. The maximum absolute atomic E-state index is 13.3. The summed E-state index contributed by atoms with van der Waals surface area (Å²) in [6.07, 6.45) is 0. The van der Waals surface area contributed by atoms with Crippen LogP contribution in [0.4, 0.5) is 8.78 Å². The highest BCUT2D eigenvalue weighted by Crippen LogP contribution is 2.21. The van der Waals surface area contributed by atoms with Crippen LogP contribution in [0.1, 0.15) is 15.9 Å². The Morgan fingerprint density at radius 2 is 1.61 bits per heavy atom. The Morgan fingerprint density at radius 3 is 2.23 bits per heavy atom. The van der Waals surface area contributed by atoms with Gasteiger partial charge in [0.1, 0.15) is 0 Å². The molecule has 11 heteroatoms. The summed E-state index contributed by atoms with van der Waals surface area (Å²) < 4.78 is 58.0. The zero-order valence-corrected chi connectivity index (χ0v) is 18.0. The van der Waals surface area contributed by atoms with Crippen LogP contribution >= 0.6 is 11.6 Å². The zero-order chi connectivity index (χ0) is 22.8. The van der Waals surface area contributed by atoms with Crippen molar-refractivity contribution in [3.63, 3.8) is 0 Å². The summed E-state index contributed by atoms with van der Waals surface area (Å²) in [5.41, 5.74) is 0.538. The van der Waals surface area contributed by atoms with E-state index in [-0.39, 0.29) is 36.1 Å². The van der Waals surface area contributed by atoms with Gasteiger partial charge in [0, 0.05) is 26.2 Å². The molecule has 0 spiro atoms. The average molecular weight is 473 g/mol. The summed E-state index contributed by atoms with van der Waals surface area (Å²) in [5, 5.41) is -0.341. The summed E-state index contributed by atoms with van der Waals surface area (Å²) in [6, 6.07) is 7.72. The molecule has 2 aromatic rings. The smallest absolute Gasteiger partial charge is 0.340 e. The highest BCUT2D eigenvalue weighted by molar-refractivity contribution is 7.89. The van der Waals surface area contributed by atoms with Crippen LogP contribution in [-0.2, 0) is 19.6 Å². The Balaban J connectivity index is 1.55. The first-order valence-corrected chi connectivity index (χ1v) is 11.1. The molecule has 166 valence electrons. The van der Waals surface area contributed by atoms with E-state index in [0.29, 0.717) is 12.1 Å². The Morgan fingerprint density at radius 1 is 1.03 bits per heavy atom. The van der Waals surface area contributed by atoms with Gasteiger partial charge in [0.2, 0.25) is 10.0 Å². The molecule has 1 saturated heterocycles. The monoisotopic (exact) mass is 472 g/mol. The summed E-state index contributed by atoms with van der Waals surface area (Å²) >= 11 is 5.71. The molecule has 0 N–H and O–H groups in total. The second kappa shape index (κ2) is 9.29. The molecular weight excluding hydrogens is 454 g/mol. The van der Waals surface area contributed by atoms with Crippen LogP contribution in [0, 0.1) is 18.6 Å². The summed E-state index contributed by atoms with van der Waals surface area (Å²) in [5.74, 6) is -4.10. The van der Waals surface area contributed by atoms with Gasteiger partial charge < -0.3 is 9.64 Å². The number of amides is 1. The number of halogens is 3. The normalized spacial score (nSPS) is 15.0. The molecule has 1 aliphatic rings. The number of benzene rings is 2. The maximum Gasteiger partial charge on any atom is 0.340 e. The SMILES string of the molecule is Cc1ccc(S(=O)(=O)N2CCN(C(=O)COC(=O)c3cc(F)c(F)cc3Cl)CC2)cc1. The second-order valence-electron chi connectivity index (χ2n) is 6.92. The zero-order valence-electron chi connectivity index (χ0n) is 16.5. The lowest BCUT2D eigenvalue weighted by molar-refractivity contribution is -0.135. The van der Waals surface area contributed by atoms with Crippen LogP contribution in [0.25, 0.3) is 0 Å². The standard InChI is InChI=1S/C20H19ClF2N2O5S/c1-13-2-4-14(5-3-13)31(28,29)25-8-6-24(7-9-25)19(26)12-30-20(27)15-10-17(22)18(23)11-16(15)21/h2-5,10-11H,6-9,12H2,1H3. The van der Waals surface area contributed by atoms with Gasteiger partial charge in [-0.2, -0.15) is 4.31 Å². The van der Waals surface area contributed by atoms with E-state index in [1.165, 1.54) is 21.3 Å². The van der Waals surface area contributed by atoms with E-state index in [9.17, 15) is 26.8 Å². The highest BCUT2D eigenvalue weighted by atomic mass is 35.5. The van der Waals surface area contributed by atoms with Crippen molar-refractivity contribution >= 4 is 33.5 Å². The number of carbonyl (C=O) groups is 2. The molecule has 7 nitrogen and oxygen atoms in total. The number of ether oxygens (including phenoxy) is 1. The summed E-state index contributed by atoms with van der Waals surface area (Å²) in [6.45, 7) is 1.63. The first-order valence-electron chi connectivity index (χ1n) is 9.26. The molecule has 1 fully saturated rings. The molecule has 1 amide bonds. The van der Waals surface area contributed by atoms with E-state index in [0.717, 1.165) is 5.56 Å². The van der Waals surface area contributed by atoms with Crippen molar-refractivity contribution < 1.29 is 31.5 Å². The fraction of sp³-hybridized carbons (Fsp3) is 0.300. The van der Waals surface area contributed by atoms with Crippen LogP contribution < -0.4 is 0 Å². The molecule has 0 atom stereocenters. The largest absolute Gasteiger partial charge is 0.452 e. The van der Waals surface area contributed by atoms with Crippen molar-refractivity contribution in [3.05, 3.63) is 64.2 Å². The topological polar surface area (TPSA) is 84.0 Å². The molecule has 3 rings (SSSR count). The first kappa shape index (κ1) is 23.1. The van der Waals surface area contributed by atoms with E-state index in [1.807, 2.05) is 6.92 Å². The minimum atomic E-state index is -3.67. The van der Waals surface area contributed by atoms with E-state index >= 15 is 0 Å². The van der Waals surface area contributed by atoms with E-state index in [2.05, 4.69) is 0 Å². The van der Waals surface area contributed by atoms with Gasteiger partial charge in [-0.05, 0) is 31.2 Å². The molecule has 1 heterocycles. The number of nitrogens with zero attached hydrogens (tertiary/aromatic N) is 2. The third-order valence-electron chi connectivity index (χ3n) is 4.81. The number of hydrogen-bond acceptors (Lipinski definition) is 5. The highest BCUT2D eigenvalue weighted by Gasteiger charge is 2.30. The number of carbonyl (C=O) groups excluding carboxylic acids is 2. The van der Waals surface area contributed by atoms with Crippen molar-refractivity contribution in [2.75, 3.05) is 32.8 Å². The van der Waals surface area contributed by atoms with Crippen molar-refractivity contribution in [1.29, 1.82) is 0 Å². The predicted molar refractivity (Wildman–Crippen MR) is 108 cm³/mol. The molecule has 0 aliphatic carbocycles. The van der Waals surface area contributed by atoms with E-state index < -0.39 is 45.7 Å². The molecule has 0 bridgehead atoms. The number of esters is 1. The second-order valence-corrected chi connectivity index (χ2v) is 9.27. The number of piperazine rings is 1. The van der Waals surface area contributed by atoms with Gasteiger partial charge in [-0.15, -0.1) is 0 Å². The molecule has 0 saturated carbocycles. The lowest BCUT2D eigenvalue weighted by atomic mass is 10.2. The van der Waals surface area contributed by atoms with Gasteiger partial charge in [0.25, 0.3) is 5.91 Å². The fourth-order valence-electron chi connectivity index (χ4n) is 3.01. The van der Waals surface area contributed by atoms with Crippen molar-refractivity contribution in [2.24, 2.45) is 0 Å². The van der Waals surface area contributed by atoms with Crippen LogP contribution in [0.5, 0.6) is 0 Å². The Bertz CT molecular complexity index is 1100. The van der Waals surface area contributed by atoms with Gasteiger partial charge in [-0.25, -0.2) is 22.0 Å². The quantitative estimate of drug-likeness (QED) is 0.493. The summed E-state index contributed by atoms with van der Waals surface area (Å²) in [7, 11) is -3.67. The number of sulfonamides is 1. The molecule has 0 unspecified atom stereocenters. The van der Waals surface area contributed by atoms with Crippen LogP contribution in [-0.4, -0.2) is 62.3 Å². The van der Waals surface area contributed by atoms with Crippen molar-refractivity contribution in [3.8, 4) is 0 Å². The van der Waals surface area contributed by atoms with E-state index in [1.54, 1.807) is 12.1 Å². The van der Waals surface area contributed by atoms with Gasteiger partial charge >= 0.3 is 5.97 Å². The third kappa shape index (κ3) is 5.20. The first-order chi connectivity index (χ1) is 14.6. The average Bonchev–Trinajstić information content (AvgIpc) is 2.74. The summed E-state index contributed by atoms with van der Waals surface area (Å²) in [4.78, 5) is 25.9. The molecular formula is C20H19ClF2N2O5S. The molecule has 31 heavy (non-hydrogen) atoms. The predicted octanol–water partition coefficient (Wildman–Crippen LogP) is 2.62. The van der Waals surface area contributed by atoms with Gasteiger partial charge in [-0.3, -0.25) is 4.79 Å². The van der Waals surface area contributed by atoms with Crippen LogP contribution in [0.2, 0.25) is 5.02 Å². The molecule has 0 radical (unpaired) electrons. The van der Waals surface area contributed by atoms with Crippen molar-refractivity contribution in [1.82, 2.24) is 9.21 Å². The molecule has 2 aromatic carbocycles. The molecule has 1 aliphatic heterocycles. The lowest BCUT2D eigenvalue weighted by Gasteiger charge is -2.33. The third-order valence-corrected chi connectivity index (χ3v) is 7.03.